The summed E-state index contributed by atoms with van der Waals surface area (Å²) in [6, 6.07) is 8.34. The summed E-state index contributed by atoms with van der Waals surface area (Å²) < 4.78 is 4.79. The molecule has 0 bridgehead atoms. The lowest BCUT2D eigenvalue weighted by Gasteiger charge is -2.31. The van der Waals surface area contributed by atoms with Crippen molar-refractivity contribution < 1.29 is 19.1 Å². The highest BCUT2D eigenvalue weighted by Gasteiger charge is 2.29. The van der Waals surface area contributed by atoms with Gasteiger partial charge in [0.15, 0.2) is 0 Å². The predicted molar refractivity (Wildman–Crippen MR) is 88.0 cm³/mol. The first-order valence-corrected chi connectivity index (χ1v) is 7.97. The molecule has 3 N–H and O–H groups in total. The van der Waals surface area contributed by atoms with Crippen LogP contribution in [-0.2, 0) is 20.7 Å². The normalized spacial score (nSPS) is 16.3. The van der Waals surface area contributed by atoms with Crippen molar-refractivity contribution in [1.29, 1.82) is 0 Å². The fraction of sp³-hybridized carbons (Fsp3) is 0.471. The van der Waals surface area contributed by atoms with Crippen LogP contribution in [0.15, 0.2) is 30.3 Å². The van der Waals surface area contributed by atoms with E-state index in [4.69, 9.17) is 10.5 Å². The van der Waals surface area contributed by atoms with Gasteiger partial charge in [0, 0.05) is 25.4 Å². The van der Waals surface area contributed by atoms with Gasteiger partial charge in [-0.3, -0.25) is 4.79 Å². The Kier molecular flexibility index (Phi) is 6.17. The van der Waals surface area contributed by atoms with Crippen LogP contribution in [0.25, 0.3) is 0 Å². The quantitative estimate of drug-likeness (QED) is 0.774. The number of hydrogen-bond donors (Lipinski definition) is 2. The summed E-state index contributed by atoms with van der Waals surface area (Å²) >= 11 is 0. The van der Waals surface area contributed by atoms with E-state index < -0.39 is 12.0 Å². The number of carbonyl (C=O) groups excluding carboxylic acids is 3. The molecule has 0 saturated carbocycles. The van der Waals surface area contributed by atoms with Gasteiger partial charge in [0.1, 0.15) is 6.04 Å². The second kappa shape index (κ2) is 8.33. The molecule has 0 aliphatic carbocycles. The van der Waals surface area contributed by atoms with Gasteiger partial charge >= 0.3 is 12.0 Å². The van der Waals surface area contributed by atoms with Crippen LogP contribution in [0.3, 0.4) is 0 Å². The molecule has 1 fully saturated rings. The Hall–Kier alpha value is -2.57. The maximum atomic E-state index is 12.4. The zero-order chi connectivity index (χ0) is 17.5. The number of piperidine rings is 1. The molecule has 1 aliphatic rings. The van der Waals surface area contributed by atoms with E-state index in [-0.39, 0.29) is 17.9 Å². The number of hydrogen-bond acceptors (Lipinski definition) is 4. The van der Waals surface area contributed by atoms with E-state index in [1.54, 1.807) is 4.90 Å². The molecular formula is C17H23N3O4. The van der Waals surface area contributed by atoms with Crippen molar-refractivity contribution in [3.05, 3.63) is 35.9 Å². The van der Waals surface area contributed by atoms with Gasteiger partial charge in [0.2, 0.25) is 5.91 Å². The Morgan fingerprint density at radius 2 is 1.88 bits per heavy atom. The number of likely N-dealkylation sites (tertiary alicyclic amines) is 1. The topological polar surface area (TPSA) is 102 Å². The maximum Gasteiger partial charge on any atom is 0.328 e. The smallest absolute Gasteiger partial charge is 0.328 e. The third-order valence-corrected chi connectivity index (χ3v) is 4.25. The Balaban J connectivity index is 1.95. The number of amides is 3. The molecule has 3 amide bonds. The molecule has 2 rings (SSSR count). The van der Waals surface area contributed by atoms with Gasteiger partial charge in [-0.2, -0.15) is 0 Å². The molecule has 24 heavy (non-hydrogen) atoms. The lowest BCUT2D eigenvalue weighted by atomic mass is 9.96. The van der Waals surface area contributed by atoms with E-state index >= 15 is 0 Å². The van der Waals surface area contributed by atoms with E-state index in [1.165, 1.54) is 7.11 Å². The molecule has 130 valence electrons. The van der Waals surface area contributed by atoms with Gasteiger partial charge in [0.05, 0.1) is 7.11 Å². The van der Waals surface area contributed by atoms with Crippen LogP contribution in [0.2, 0.25) is 0 Å². The molecule has 7 heteroatoms. The third-order valence-electron chi connectivity index (χ3n) is 4.25. The second-order valence-electron chi connectivity index (χ2n) is 5.88. The highest BCUT2D eigenvalue weighted by Crippen LogP contribution is 2.17. The molecule has 1 atom stereocenters. The van der Waals surface area contributed by atoms with Gasteiger partial charge in [-0.15, -0.1) is 0 Å². The van der Waals surface area contributed by atoms with Crippen molar-refractivity contribution in [3.8, 4) is 0 Å². The summed E-state index contributed by atoms with van der Waals surface area (Å²) in [6.07, 6.45) is 1.45. The number of ether oxygens (including phenoxy) is 1. The number of rotatable bonds is 5. The van der Waals surface area contributed by atoms with Crippen LogP contribution in [0, 0.1) is 5.92 Å². The molecule has 1 heterocycles. The highest BCUT2D eigenvalue weighted by molar-refractivity contribution is 5.84. The van der Waals surface area contributed by atoms with Crippen LogP contribution in [0.4, 0.5) is 4.79 Å². The largest absolute Gasteiger partial charge is 0.467 e. The van der Waals surface area contributed by atoms with E-state index in [2.05, 4.69) is 5.32 Å². The molecule has 1 aromatic rings. The molecule has 0 unspecified atom stereocenters. The van der Waals surface area contributed by atoms with Crippen LogP contribution < -0.4 is 11.1 Å². The third kappa shape index (κ3) is 4.71. The molecular weight excluding hydrogens is 310 g/mol. The number of nitrogens with zero attached hydrogens (tertiary/aromatic N) is 1. The van der Waals surface area contributed by atoms with Crippen molar-refractivity contribution in [2.45, 2.75) is 25.3 Å². The average molecular weight is 333 g/mol. The summed E-state index contributed by atoms with van der Waals surface area (Å²) in [7, 11) is 1.30. The number of benzene rings is 1. The summed E-state index contributed by atoms with van der Waals surface area (Å²) in [5, 5.41) is 2.73. The summed E-state index contributed by atoms with van der Waals surface area (Å²) in [5.41, 5.74) is 6.23. The predicted octanol–water partition coefficient (Wildman–Crippen LogP) is 0.678. The van der Waals surface area contributed by atoms with E-state index in [1.807, 2.05) is 30.3 Å². The lowest BCUT2D eigenvalue weighted by Crippen LogP contribution is -2.51. The Morgan fingerprint density at radius 3 is 2.42 bits per heavy atom. The van der Waals surface area contributed by atoms with Crippen LogP contribution >= 0.6 is 0 Å². The standard InChI is InChI=1S/C17H23N3O4/c1-24-16(22)14(11-12-5-3-2-4-6-12)19-17(23)20-9-7-13(8-10-20)15(18)21/h2-6,13-14H,7-11H2,1H3,(H2,18,21)(H,19,23)/t14-/m0/s1. The van der Waals surface area contributed by atoms with E-state index in [9.17, 15) is 14.4 Å². The van der Waals surface area contributed by atoms with Crippen LogP contribution in [0.1, 0.15) is 18.4 Å². The maximum absolute atomic E-state index is 12.4. The number of primary amides is 1. The summed E-state index contributed by atoms with van der Waals surface area (Å²) in [4.78, 5) is 37.1. The number of carbonyl (C=O) groups is 3. The first-order valence-electron chi connectivity index (χ1n) is 7.97. The highest BCUT2D eigenvalue weighted by atomic mass is 16.5. The Bertz CT molecular complexity index is 583. The van der Waals surface area contributed by atoms with Gasteiger partial charge in [0.25, 0.3) is 0 Å². The molecule has 0 aromatic heterocycles. The van der Waals surface area contributed by atoms with Crippen LogP contribution in [0.5, 0.6) is 0 Å². The lowest BCUT2D eigenvalue weighted by molar-refractivity contribution is -0.142. The molecule has 7 nitrogen and oxygen atoms in total. The summed E-state index contributed by atoms with van der Waals surface area (Å²) in [6.45, 7) is 0.886. The molecule has 0 radical (unpaired) electrons. The number of urea groups is 1. The average Bonchev–Trinajstić information content (AvgIpc) is 2.61. The van der Waals surface area contributed by atoms with Gasteiger partial charge < -0.3 is 20.7 Å². The molecule has 0 spiro atoms. The van der Waals surface area contributed by atoms with Gasteiger partial charge in [-0.25, -0.2) is 9.59 Å². The minimum atomic E-state index is -0.751. The van der Waals surface area contributed by atoms with Gasteiger partial charge in [-0.1, -0.05) is 30.3 Å². The SMILES string of the molecule is COC(=O)[C@H](Cc1ccccc1)NC(=O)N1CCC(C(N)=O)CC1. The minimum Gasteiger partial charge on any atom is -0.467 e. The summed E-state index contributed by atoms with van der Waals surface area (Å²) in [5.74, 6) is -0.999. The van der Waals surface area contributed by atoms with Crippen molar-refractivity contribution in [2.75, 3.05) is 20.2 Å². The van der Waals surface area contributed by atoms with Crippen molar-refractivity contribution in [2.24, 2.45) is 11.7 Å². The van der Waals surface area contributed by atoms with Crippen molar-refractivity contribution in [1.82, 2.24) is 10.2 Å². The van der Waals surface area contributed by atoms with Crippen molar-refractivity contribution >= 4 is 17.9 Å². The minimum absolute atomic E-state index is 0.185. The first-order chi connectivity index (χ1) is 11.5. The van der Waals surface area contributed by atoms with Crippen molar-refractivity contribution in [3.63, 3.8) is 0 Å². The zero-order valence-corrected chi connectivity index (χ0v) is 13.7. The molecule has 1 aromatic carbocycles. The van der Waals surface area contributed by atoms with E-state index in [0.29, 0.717) is 32.4 Å². The van der Waals surface area contributed by atoms with Crippen LogP contribution in [-0.4, -0.2) is 49.0 Å². The second-order valence-corrected chi connectivity index (χ2v) is 5.88. The zero-order valence-electron chi connectivity index (χ0n) is 13.7. The first kappa shape index (κ1) is 17.8. The Labute approximate surface area is 141 Å². The molecule has 1 aliphatic heterocycles. The monoisotopic (exact) mass is 333 g/mol. The number of methoxy groups -OCH3 is 1. The number of nitrogens with two attached hydrogens (primary N) is 1. The Morgan fingerprint density at radius 1 is 1.25 bits per heavy atom. The molecule has 1 saturated heterocycles. The fourth-order valence-electron chi connectivity index (χ4n) is 2.79. The fourth-order valence-corrected chi connectivity index (χ4v) is 2.79. The van der Waals surface area contributed by atoms with E-state index in [0.717, 1.165) is 5.56 Å². The number of nitrogens with one attached hydrogen (secondary N) is 1. The number of esters is 1. The van der Waals surface area contributed by atoms with Gasteiger partial charge in [-0.05, 0) is 18.4 Å².